The summed E-state index contributed by atoms with van der Waals surface area (Å²) in [5, 5.41) is 3.58. The first-order chi connectivity index (χ1) is 14.4. The number of hydrogen-bond acceptors (Lipinski definition) is 4. The average Bonchev–Trinajstić information content (AvgIpc) is 3.07. The quantitative estimate of drug-likeness (QED) is 0.421. The molecule has 0 aliphatic heterocycles. The summed E-state index contributed by atoms with van der Waals surface area (Å²) >= 11 is 3.46. The highest BCUT2D eigenvalue weighted by atomic mass is 79.9. The Kier molecular flexibility index (Phi) is 5.46. The van der Waals surface area contributed by atoms with Gasteiger partial charge in [-0.1, -0.05) is 40.2 Å². The number of nitrogens with one attached hydrogen (secondary N) is 1. The second-order valence-corrected chi connectivity index (χ2v) is 7.94. The topological polar surface area (TPSA) is 81.6 Å². The molecule has 0 aliphatic carbocycles. The molecule has 0 aliphatic rings. The van der Waals surface area contributed by atoms with E-state index in [2.05, 4.69) is 47.2 Å². The van der Waals surface area contributed by atoms with Crippen LogP contribution in [-0.4, -0.2) is 21.9 Å². The van der Waals surface area contributed by atoms with Crippen molar-refractivity contribution in [1.29, 1.82) is 0 Å². The zero-order valence-electron chi connectivity index (χ0n) is 16.6. The summed E-state index contributed by atoms with van der Waals surface area (Å²) in [5.41, 5.74) is 10.9. The van der Waals surface area contributed by atoms with Crippen LogP contribution in [0.3, 0.4) is 0 Å². The largest absolute Gasteiger partial charge is 0.483 e. The average molecular weight is 465 g/mol. The van der Waals surface area contributed by atoms with E-state index < -0.39 is 5.91 Å². The molecule has 6 nitrogen and oxygen atoms in total. The smallest absolute Gasteiger partial charge is 0.255 e. The van der Waals surface area contributed by atoms with E-state index in [0.29, 0.717) is 5.75 Å². The van der Waals surface area contributed by atoms with E-state index in [4.69, 9.17) is 15.5 Å². The molecule has 2 heterocycles. The molecular formula is C23H21BrN4O2. The summed E-state index contributed by atoms with van der Waals surface area (Å²) < 4.78 is 8.53. The van der Waals surface area contributed by atoms with Gasteiger partial charge in [0.05, 0.1) is 0 Å². The molecule has 2 aromatic carbocycles. The number of imidazole rings is 1. The number of halogens is 1. The second kappa shape index (κ2) is 8.20. The molecule has 0 fully saturated rings. The van der Waals surface area contributed by atoms with E-state index in [9.17, 15) is 4.79 Å². The Bertz CT molecular complexity index is 1230. The molecule has 2 aromatic heterocycles. The van der Waals surface area contributed by atoms with Gasteiger partial charge in [0.15, 0.2) is 6.61 Å². The van der Waals surface area contributed by atoms with Crippen LogP contribution in [0.5, 0.6) is 5.75 Å². The number of para-hydroxylation sites is 1. The van der Waals surface area contributed by atoms with E-state index in [1.54, 1.807) is 0 Å². The molecule has 0 atom stereocenters. The molecular weight excluding hydrogens is 444 g/mol. The Morgan fingerprint density at radius 1 is 1.13 bits per heavy atom. The number of ether oxygens (including phenoxy) is 1. The lowest BCUT2D eigenvalue weighted by molar-refractivity contribution is -0.119. The molecule has 0 unspecified atom stereocenters. The van der Waals surface area contributed by atoms with Gasteiger partial charge in [-0.15, -0.1) is 0 Å². The van der Waals surface area contributed by atoms with Crippen LogP contribution >= 0.6 is 15.9 Å². The lowest BCUT2D eigenvalue weighted by Gasteiger charge is -2.15. The predicted molar refractivity (Wildman–Crippen MR) is 122 cm³/mol. The van der Waals surface area contributed by atoms with Crippen LogP contribution in [0.25, 0.3) is 16.9 Å². The number of rotatable bonds is 6. The Morgan fingerprint density at radius 2 is 1.90 bits per heavy atom. The van der Waals surface area contributed by atoms with Gasteiger partial charge in [0.25, 0.3) is 5.91 Å². The van der Waals surface area contributed by atoms with Crippen molar-refractivity contribution in [3.05, 3.63) is 76.4 Å². The monoisotopic (exact) mass is 464 g/mol. The standard InChI is InChI=1S/C23H21BrN4O2/c1-14-6-5-7-15(2)21(14)27-23-22(26-20-8-3-4-11-28(20)23)17-10-9-16(24)12-18(17)30-13-19(25)29/h3-12,27H,13H2,1-2H3,(H2,25,29). The third kappa shape index (κ3) is 3.89. The van der Waals surface area contributed by atoms with Gasteiger partial charge in [-0.25, -0.2) is 4.98 Å². The van der Waals surface area contributed by atoms with E-state index in [-0.39, 0.29) is 6.61 Å². The molecule has 0 saturated carbocycles. The van der Waals surface area contributed by atoms with Crippen LogP contribution in [0, 0.1) is 13.8 Å². The number of benzene rings is 2. The number of primary amides is 1. The van der Waals surface area contributed by atoms with Crippen molar-refractivity contribution >= 4 is 39.0 Å². The maximum atomic E-state index is 11.3. The van der Waals surface area contributed by atoms with Crippen LogP contribution in [0.2, 0.25) is 0 Å². The predicted octanol–water partition coefficient (Wildman–Crippen LogP) is 4.99. The molecule has 0 saturated heterocycles. The van der Waals surface area contributed by atoms with Crippen molar-refractivity contribution in [2.24, 2.45) is 5.73 Å². The molecule has 7 heteroatoms. The van der Waals surface area contributed by atoms with Crippen molar-refractivity contribution in [1.82, 2.24) is 9.38 Å². The van der Waals surface area contributed by atoms with Crippen molar-refractivity contribution in [2.45, 2.75) is 13.8 Å². The number of carbonyl (C=O) groups excluding carboxylic acids is 1. The Labute approximate surface area is 182 Å². The van der Waals surface area contributed by atoms with Crippen LogP contribution < -0.4 is 15.8 Å². The molecule has 152 valence electrons. The van der Waals surface area contributed by atoms with Crippen LogP contribution in [-0.2, 0) is 4.79 Å². The number of aromatic nitrogens is 2. The molecule has 4 rings (SSSR count). The third-order valence-corrected chi connectivity index (χ3v) is 5.32. The number of carbonyl (C=O) groups is 1. The van der Waals surface area contributed by atoms with E-state index in [0.717, 1.165) is 44.0 Å². The van der Waals surface area contributed by atoms with Gasteiger partial charge in [0, 0.05) is 21.9 Å². The summed E-state index contributed by atoms with van der Waals surface area (Å²) in [6, 6.07) is 17.7. The van der Waals surface area contributed by atoms with Crippen LogP contribution in [0.4, 0.5) is 11.5 Å². The fourth-order valence-electron chi connectivity index (χ4n) is 3.39. The maximum Gasteiger partial charge on any atom is 0.255 e. The highest BCUT2D eigenvalue weighted by molar-refractivity contribution is 9.10. The summed E-state index contributed by atoms with van der Waals surface area (Å²) in [6.45, 7) is 3.93. The summed E-state index contributed by atoms with van der Waals surface area (Å²) in [6.07, 6.45) is 1.96. The highest BCUT2D eigenvalue weighted by Gasteiger charge is 2.19. The molecule has 0 spiro atoms. The number of amides is 1. The van der Waals surface area contributed by atoms with E-state index in [1.807, 2.05) is 53.1 Å². The molecule has 3 N–H and O–H groups in total. The van der Waals surface area contributed by atoms with E-state index in [1.165, 1.54) is 0 Å². The van der Waals surface area contributed by atoms with Crippen molar-refractivity contribution in [2.75, 3.05) is 11.9 Å². The lowest BCUT2D eigenvalue weighted by atomic mass is 10.1. The number of anilines is 2. The van der Waals surface area contributed by atoms with Crippen LogP contribution in [0.1, 0.15) is 11.1 Å². The van der Waals surface area contributed by atoms with Crippen molar-refractivity contribution in [3.63, 3.8) is 0 Å². The lowest BCUT2D eigenvalue weighted by Crippen LogP contribution is -2.20. The normalized spacial score (nSPS) is 10.9. The Morgan fingerprint density at radius 3 is 2.63 bits per heavy atom. The second-order valence-electron chi connectivity index (χ2n) is 7.03. The zero-order valence-corrected chi connectivity index (χ0v) is 18.2. The first-order valence-electron chi connectivity index (χ1n) is 9.45. The number of nitrogens with two attached hydrogens (primary N) is 1. The minimum Gasteiger partial charge on any atom is -0.483 e. The number of fused-ring (bicyclic) bond motifs is 1. The molecule has 4 aromatic rings. The molecule has 30 heavy (non-hydrogen) atoms. The number of hydrogen-bond donors (Lipinski definition) is 2. The summed E-state index contributed by atoms with van der Waals surface area (Å²) in [7, 11) is 0. The van der Waals surface area contributed by atoms with Gasteiger partial charge >= 0.3 is 0 Å². The van der Waals surface area contributed by atoms with Gasteiger partial charge in [0.2, 0.25) is 0 Å². The number of aryl methyl sites for hydroxylation is 2. The van der Waals surface area contributed by atoms with Crippen molar-refractivity contribution < 1.29 is 9.53 Å². The minimum atomic E-state index is -0.537. The fourth-order valence-corrected chi connectivity index (χ4v) is 3.73. The Hall–Kier alpha value is -3.32. The third-order valence-electron chi connectivity index (χ3n) is 4.82. The minimum absolute atomic E-state index is 0.212. The number of nitrogens with zero attached hydrogens (tertiary/aromatic N) is 2. The van der Waals surface area contributed by atoms with Crippen molar-refractivity contribution in [3.8, 4) is 17.0 Å². The van der Waals surface area contributed by atoms with E-state index >= 15 is 0 Å². The summed E-state index contributed by atoms with van der Waals surface area (Å²) in [5.74, 6) is 0.801. The highest BCUT2D eigenvalue weighted by Crippen LogP contribution is 2.39. The van der Waals surface area contributed by atoms with Gasteiger partial charge in [-0.3, -0.25) is 9.20 Å². The fraction of sp³-hybridized carbons (Fsp3) is 0.130. The summed E-state index contributed by atoms with van der Waals surface area (Å²) in [4.78, 5) is 16.1. The number of pyridine rings is 1. The SMILES string of the molecule is Cc1cccc(C)c1Nc1c(-c2ccc(Br)cc2OCC(N)=O)nc2ccccn12. The first kappa shape index (κ1) is 20.0. The van der Waals surface area contributed by atoms with Gasteiger partial charge in [-0.05, 0) is 55.3 Å². The van der Waals surface area contributed by atoms with Gasteiger partial charge in [-0.2, -0.15) is 0 Å². The molecule has 0 bridgehead atoms. The van der Waals surface area contributed by atoms with Gasteiger partial charge in [0.1, 0.15) is 22.9 Å². The molecule has 0 radical (unpaired) electrons. The zero-order chi connectivity index (χ0) is 21.3. The Balaban J connectivity index is 1.90. The molecule has 1 amide bonds. The van der Waals surface area contributed by atoms with Crippen LogP contribution in [0.15, 0.2) is 65.3 Å². The van der Waals surface area contributed by atoms with Gasteiger partial charge < -0.3 is 15.8 Å². The first-order valence-corrected chi connectivity index (χ1v) is 10.2. The maximum absolute atomic E-state index is 11.3.